The zero-order chi connectivity index (χ0) is 17.4. The quantitative estimate of drug-likeness (QED) is 0.535. The molecule has 4 rings (SSSR count). The fourth-order valence-corrected chi connectivity index (χ4v) is 2.75. The van der Waals surface area contributed by atoms with Gasteiger partial charge in [-0.25, -0.2) is 4.68 Å². The minimum absolute atomic E-state index is 0.0525. The van der Waals surface area contributed by atoms with Crippen molar-refractivity contribution in [2.45, 2.75) is 6.42 Å². The molecule has 1 aromatic heterocycles. The average molecular weight is 338 g/mol. The Morgan fingerprint density at radius 3 is 2.76 bits per heavy atom. The largest absolute Gasteiger partial charge is 0.454 e. The predicted octanol–water partition coefficient (Wildman–Crippen LogP) is 1.81. The van der Waals surface area contributed by atoms with Gasteiger partial charge < -0.3 is 14.2 Å². The monoisotopic (exact) mass is 338 g/mol. The maximum Gasteiger partial charge on any atom is 0.317 e. The number of fused-ring (bicyclic) bond motifs is 2. The molecule has 0 unspecified atom stereocenters. The lowest BCUT2D eigenvalue weighted by molar-refractivity contribution is -0.133. The van der Waals surface area contributed by atoms with E-state index in [1.807, 2.05) is 0 Å². The number of nitrogens with zero attached hydrogens (tertiary/aromatic N) is 2. The van der Waals surface area contributed by atoms with Crippen molar-refractivity contribution in [3.05, 3.63) is 58.5 Å². The van der Waals surface area contributed by atoms with Crippen LogP contribution in [0.5, 0.6) is 17.2 Å². The summed E-state index contributed by atoms with van der Waals surface area (Å²) in [6, 6.07) is 12.0. The molecule has 0 amide bonds. The zero-order valence-corrected chi connectivity index (χ0v) is 13.4. The Balaban J connectivity index is 1.60. The third kappa shape index (κ3) is 2.80. The normalized spacial score (nSPS) is 12.4. The number of carbonyl (C=O) groups is 1. The summed E-state index contributed by atoms with van der Waals surface area (Å²) < 4.78 is 17.1. The second kappa shape index (κ2) is 5.94. The highest BCUT2D eigenvalue weighted by Gasteiger charge is 2.17. The number of aryl methyl sites for hydroxylation is 1. The number of hydrogen-bond donors (Lipinski definition) is 0. The molecule has 2 aromatic carbocycles. The fraction of sp³-hybridized carbons (Fsp3) is 0.167. The van der Waals surface area contributed by atoms with Gasteiger partial charge in [0, 0.05) is 18.5 Å². The van der Waals surface area contributed by atoms with Gasteiger partial charge in [0.15, 0.2) is 11.5 Å². The second-order valence-corrected chi connectivity index (χ2v) is 5.59. The zero-order valence-electron chi connectivity index (χ0n) is 13.4. The Labute approximate surface area is 142 Å². The molecule has 2 heterocycles. The predicted molar refractivity (Wildman–Crippen MR) is 88.9 cm³/mol. The standard InChI is InChI=1S/C18H14N2O5/c1-20-18(22)13-5-3-2-4-12(13)14(19-20)9-17(21)25-11-6-7-15-16(8-11)24-10-23-15/h2-8H,9-10H2,1H3. The molecule has 1 aliphatic heterocycles. The summed E-state index contributed by atoms with van der Waals surface area (Å²) in [5.41, 5.74) is 0.284. The molecule has 0 atom stereocenters. The van der Waals surface area contributed by atoms with Crippen LogP contribution in [-0.4, -0.2) is 22.5 Å². The number of rotatable bonds is 3. The third-order valence-electron chi connectivity index (χ3n) is 3.92. The van der Waals surface area contributed by atoms with Crippen molar-refractivity contribution in [1.29, 1.82) is 0 Å². The Bertz CT molecular complexity index is 1040. The number of carbonyl (C=O) groups excluding carboxylic acids is 1. The van der Waals surface area contributed by atoms with Gasteiger partial charge in [-0.2, -0.15) is 5.10 Å². The maximum absolute atomic E-state index is 12.3. The van der Waals surface area contributed by atoms with Crippen LogP contribution in [-0.2, 0) is 18.3 Å². The van der Waals surface area contributed by atoms with E-state index in [0.29, 0.717) is 33.7 Å². The molecule has 3 aromatic rings. The molecule has 7 nitrogen and oxygen atoms in total. The van der Waals surface area contributed by atoms with Crippen LogP contribution in [0, 0.1) is 0 Å². The van der Waals surface area contributed by atoms with E-state index in [4.69, 9.17) is 14.2 Å². The molecule has 0 saturated carbocycles. The molecule has 0 saturated heterocycles. The highest BCUT2D eigenvalue weighted by molar-refractivity contribution is 5.87. The Morgan fingerprint density at radius 1 is 1.16 bits per heavy atom. The van der Waals surface area contributed by atoms with E-state index < -0.39 is 5.97 Å². The number of esters is 1. The molecule has 1 aliphatic rings. The van der Waals surface area contributed by atoms with Gasteiger partial charge >= 0.3 is 5.97 Å². The minimum Gasteiger partial charge on any atom is -0.454 e. The second-order valence-electron chi connectivity index (χ2n) is 5.59. The molecule has 0 aliphatic carbocycles. The van der Waals surface area contributed by atoms with Gasteiger partial charge in [-0.3, -0.25) is 9.59 Å². The summed E-state index contributed by atoms with van der Waals surface area (Å²) in [7, 11) is 1.56. The van der Waals surface area contributed by atoms with Crippen molar-refractivity contribution in [2.24, 2.45) is 7.05 Å². The Kier molecular flexibility index (Phi) is 3.61. The maximum atomic E-state index is 12.3. The van der Waals surface area contributed by atoms with E-state index in [1.54, 1.807) is 49.5 Å². The van der Waals surface area contributed by atoms with E-state index in [1.165, 1.54) is 4.68 Å². The lowest BCUT2D eigenvalue weighted by Gasteiger charge is -2.08. The third-order valence-corrected chi connectivity index (χ3v) is 3.92. The fourth-order valence-electron chi connectivity index (χ4n) is 2.75. The average Bonchev–Trinajstić information content (AvgIpc) is 3.07. The van der Waals surface area contributed by atoms with Crippen molar-refractivity contribution in [2.75, 3.05) is 6.79 Å². The number of aromatic nitrogens is 2. The molecular weight excluding hydrogens is 324 g/mol. The van der Waals surface area contributed by atoms with Crippen LogP contribution in [0.15, 0.2) is 47.3 Å². The SMILES string of the molecule is Cn1nc(CC(=O)Oc2ccc3c(c2)OCO3)c2ccccc2c1=O. The van der Waals surface area contributed by atoms with E-state index in [-0.39, 0.29) is 18.8 Å². The first-order valence-corrected chi connectivity index (χ1v) is 7.67. The number of benzene rings is 2. The van der Waals surface area contributed by atoms with Crippen molar-refractivity contribution < 1.29 is 19.0 Å². The molecule has 0 fully saturated rings. The van der Waals surface area contributed by atoms with Crippen LogP contribution in [0.3, 0.4) is 0 Å². The minimum atomic E-state index is -0.477. The van der Waals surface area contributed by atoms with Crippen molar-refractivity contribution in [1.82, 2.24) is 9.78 Å². The van der Waals surface area contributed by atoms with Crippen molar-refractivity contribution in [3.63, 3.8) is 0 Å². The number of ether oxygens (including phenoxy) is 3. The Morgan fingerprint density at radius 2 is 1.92 bits per heavy atom. The van der Waals surface area contributed by atoms with Gasteiger partial charge in [-0.15, -0.1) is 0 Å². The first-order valence-electron chi connectivity index (χ1n) is 7.67. The smallest absolute Gasteiger partial charge is 0.317 e. The summed E-state index contributed by atoms with van der Waals surface area (Å²) in [6.07, 6.45) is -0.0525. The van der Waals surface area contributed by atoms with Crippen LogP contribution in [0.25, 0.3) is 10.8 Å². The molecule has 7 heteroatoms. The first-order chi connectivity index (χ1) is 12.1. The number of hydrogen-bond acceptors (Lipinski definition) is 6. The van der Waals surface area contributed by atoms with Crippen LogP contribution in [0.1, 0.15) is 5.69 Å². The summed E-state index contributed by atoms with van der Waals surface area (Å²) >= 11 is 0. The molecule has 0 spiro atoms. The highest BCUT2D eigenvalue weighted by atomic mass is 16.7. The van der Waals surface area contributed by atoms with Crippen LogP contribution in [0.4, 0.5) is 0 Å². The first kappa shape index (κ1) is 15.2. The summed E-state index contributed by atoms with van der Waals surface area (Å²) in [5, 5.41) is 5.36. The molecule has 0 bridgehead atoms. The molecule has 0 N–H and O–H groups in total. The van der Waals surface area contributed by atoms with Crippen molar-refractivity contribution >= 4 is 16.7 Å². The van der Waals surface area contributed by atoms with Gasteiger partial charge in [0.05, 0.1) is 17.5 Å². The van der Waals surface area contributed by atoms with Crippen LogP contribution >= 0.6 is 0 Å². The highest BCUT2D eigenvalue weighted by Crippen LogP contribution is 2.35. The van der Waals surface area contributed by atoms with E-state index in [0.717, 1.165) is 0 Å². The van der Waals surface area contributed by atoms with E-state index in [2.05, 4.69) is 5.10 Å². The summed E-state index contributed by atoms with van der Waals surface area (Å²) in [6.45, 7) is 0.153. The molecular formula is C18H14N2O5. The molecule has 25 heavy (non-hydrogen) atoms. The van der Waals surface area contributed by atoms with E-state index in [9.17, 15) is 9.59 Å². The van der Waals surface area contributed by atoms with Crippen molar-refractivity contribution in [3.8, 4) is 17.2 Å². The summed E-state index contributed by atoms with van der Waals surface area (Å²) in [4.78, 5) is 24.4. The van der Waals surface area contributed by atoms with Gasteiger partial charge in [0.1, 0.15) is 5.75 Å². The molecule has 126 valence electrons. The van der Waals surface area contributed by atoms with Gasteiger partial charge in [0.2, 0.25) is 6.79 Å². The van der Waals surface area contributed by atoms with Crippen LogP contribution < -0.4 is 19.8 Å². The van der Waals surface area contributed by atoms with E-state index >= 15 is 0 Å². The van der Waals surface area contributed by atoms with Gasteiger partial charge in [-0.1, -0.05) is 18.2 Å². The lowest BCUT2D eigenvalue weighted by Crippen LogP contribution is -2.23. The van der Waals surface area contributed by atoms with Crippen LogP contribution in [0.2, 0.25) is 0 Å². The topological polar surface area (TPSA) is 79.7 Å². The Hall–Kier alpha value is -3.35. The summed E-state index contributed by atoms with van der Waals surface area (Å²) in [5.74, 6) is 1.04. The van der Waals surface area contributed by atoms with Gasteiger partial charge in [0.25, 0.3) is 5.56 Å². The lowest BCUT2D eigenvalue weighted by atomic mass is 10.1. The van der Waals surface area contributed by atoms with Gasteiger partial charge in [-0.05, 0) is 18.2 Å². The molecule has 0 radical (unpaired) electrons.